The first-order chi connectivity index (χ1) is 9.00. The predicted octanol–water partition coefficient (Wildman–Crippen LogP) is 0.826. The van der Waals surface area contributed by atoms with Crippen LogP contribution in [0.1, 0.15) is 18.4 Å². The van der Waals surface area contributed by atoms with Gasteiger partial charge in [-0.2, -0.15) is 0 Å². The van der Waals surface area contributed by atoms with Crippen molar-refractivity contribution in [3.05, 3.63) is 29.8 Å². The van der Waals surface area contributed by atoms with E-state index < -0.39 is 18.1 Å². The molecule has 0 bridgehead atoms. The molecular weight excluding hydrogens is 266 g/mol. The van der Waals surface area contributed by atoms with E-state index in [-0.39, 0.29) is 11.8 Å². The average molecular weight is 281 g/mol. The molecule has 6 heteroatoms. The quantitative estimate of drug-likeness (QED) is 0.761. The molecule has 0 fully saturated rings. The molecule has 5 nitrogen and oxygen atoms in total. The number of carboxylic acids is 1. The van der Waals surface area contributed by atoms with Gasteiger partial charge < -0.3 is 15.5 Å². The molecule has 0 aliphatic carbocycles. The zero-order chi connectivity index (χ0) is 14.0. The van der Waals surface area contributed by atoms with Gasteiger partial charge in [0, 0.05) is 10.6 Å². The number of carbonyl (C=O) groups excluding carboxylic acids is 1. The third-order valence-electron chi connectivity index (χ3n) is 3.06. The number of fused-ring (bicyclic) bond motifs is 1. The van der Waals surface area contributed by atoms with Gasteiger partial charge in [0.15, 0.2) is 6.04 Å². The molecule has 1 aliphatic heterocycles. The number of nitrogens with one attached hydrogen (secondary N) is 1. The van der Waals surface area contributed by atoms with Crippen LogP contribution in [0.4, 0.5) is 0 Å². The van der Waals surface area contributed by atoms with Gasteiger partial charge in [0.1, 0.15) is 0 Å². The minimum Gasteiger partial charge on any atom is -0.480 e. The molecule has 0 saturated heterocycles. The van der Waals surface area contributed by atoms with Crippen molar-refractivity contribution in [2.24, 2.45) is 0 Å². The Bertz CT molecular complexity index is 503. The van der Waals surface area contributed by atoms with Gasteiger partial charge in [0.2, 0.25) is 5.91 Å². The van der Waals surface area contributed by atoms with E-state index in [1.165, 1.54) is 6.92 Å². The van der Waals surface area contributed by atoms with Crippen LogP contribution < -0.4 is 5.32 Å². The number of carboxylic acid groups (broad SMARTS) is 1. The molecule has 1 amide bonds. The Labute approximate surface area is 115 Å². The maximum atomic E-state index is 12.1. The van der Waals surface area contributed by atoms with Crippen molar-refractivity contribution in [1.82, 2.24) is 5.32 Å². The highest BCUT2D eigenvalue weighted by molar-refractivity contribution is 7.99. The molecule has 3 N–H and O–H groups in total. The van der Waals surface area contributed by atoms with Gasteiger partial charge in [-0.15, -0.1) is 11.8 Å². The topological polar surface area (TPSA) is 86.6 Å². The summed E-state index contributed by atoms with van der Waals surface area (Å²) in [6, 6.07) is 6.30. The summed E-state index contributed by atoms with van der Waals surface area (Å²) in [4.78, 5) is 24.1. The summed E-state index contributed by atoms with van der Waals surface area (Å²) in [6.07, 6.45) is -1.13. The maximum absolute atomic E-state index is 12.1. The maximum Gasteiger partial charge on any atom is 0.328 e. The molecule has 2 rings (SSSR count). The van der Waals surface area contributed by atoms with Crippen LogP contribution in [0.5, 0.6) is 0 Å². The summed E-state index contributed by atoms with van der Waals surface area (Å²) in [5.41, 5.74) is 0.916. The Morgan fingerprint density at radius 2 is 2.11 bits per heavy atom. The summed E-state index contributed by atoms with van der Waals surface area (Å²) < 4.78 is 0. The first kappa shape index (κ1) is 13.9. The van der Waals surface area contributed by atoms with Crippen molar-refractivity contribution < 1.29 is 19.8 Å². The van der Waals surface area contributed by atoms with Gasteiger partial charge in [-0.05, 0) is 18.6 Å². The first-order valence-corrected chi connectivity index (χ1v) is 6.92. The van der Waals surface area contributed by atoms with Crippen molar-refractivity contribution in [2.75, 3.05) is 5.75 Å². The number of carbonyl (C=O) groups is 2. The third kappa shape index (κ3) is 2.90. The van der Waals surface area contributed by atoms with E-state index >= 15 is 0 Å². The second-order valence-corrected chi connectivity index (χ2v) is 5.53. The molecule has 19 heavy (non-hydrogen) atoms. The van der Waals surface area contributed by atoms with Crippen LogP contribution in [-0.4, -0.2) is 40.0 Å². The number of amides is 1. The highest BCUT2D eigenvalue weighted by atomic mass is 32.2. The van der Waals surface area contributed by atoms with Crippen molar-refractivity contribution in [1.29, 1.82) is 0 Å². The molecule has 102 valence electrons. The zero-order valence-electron chi connectivity index (χ0n) is 10.4. The molecule has 1 unspecified atom stereocenters. The Morgan fingerprint density at radius 1 is 1.42 bits per heavy atom. The molecule has 1 aromatic carbocycles. The standard InChI is InChI=1S/C13H15NO4S/c1-7(15)11(13(17)18)14-12(16)9-6-19-10-5-3-2-4-8(9)10/h2-5,7,9,11,15H,6H2,1H3,(H,14,16)(H,17,18)/t7-,9?,11+/m1/s1. The molecule has 1 heterocycles. The van der Waals surface area contributed by atoms with Gasteiger partial charge in [-0.25, -0.2) is 4.79 Å². The SMILES string of the molecule is C[C@@H](O)[C@H](NC(=O)C1CSc2ccccc21)C(=O)O. The highest BCUT2D eigenvalue weighted by Gasteiger charge is 2.33. The molecule has 1 aliphatic rings. The fourth-order valence-electron chi connectivity index (χ4n) is 2.02. The summed E-state index contributed by atoms with van der Waals surface area (Å²) in [5, 5.41) is 20.7. The fraction of sp³-hybridized carbons (Fsp3) is 0.385. The van der Waals surface area contributed by atoms with Gasteiger partial charge in [0.25, 0.3) is 0 Å². The number of aliphatic carboxylic acids is 1. The van der Waals surface area contributed by atoms with Crippen molar-refractivity contribution >= 4 is 23.6 Å². The second-order valence-electron chi connectivity index (χ2n) is 4.47. The Kier molecular flexibility index (Phi) is 4.11. The van der Waals surface area contributed by atoms with Gasteiger partial charge in [-0.3, -0.25) is 4.79 Å². The summed E-state index contributed by atoms with van der Waals surface area (Å²) in [7, 11) is 0. The van der Waals surface area contributed by atoms with Crippen molar-refractivity contribution in [3.8, 4) is 0 Å². The van der Waals surface area contributed by atoms with Crippen LogP contribution in [0.2, 0.25) is 0 Å². The number of aliphatic hydroxyl groups excluding tert-OH is 1. The van der Waals surface area contributed by atoms with Gasteiger partial charge >= 0.3 is 5.97 Å². The van der Waals surface area contributed by atoms with Crippen LogP contribution >= 0.6 is 11.8 Å². The molecule has 0 radical (unpaired) electrons. The number of hydrogen-bond acceptors (Lipinski definition) is 4. The van der Waals surface area contributed by atoms with E-state index in [1.54, 1.807) is 11.8 Å². The monoisotopic (exact) mass is 281 g/mol. The minimum atomic E-state index is -1.27. The van der Waals surface area contributed by atoms with E-state index in [2.05, 4.69) is 5.32 Å². The third-order valence-corrected chi connectivity index (χ3v) is 4.25. The van der Waals surface area contributed by atoms with Crippen molar-refractivity contribution in [2.45, 2.75) is 29.9 Å². The molecular formula is C13H15NO4S. The molecule has 0 spiro atoms. The largest absolute Gasteiger partial charge is 0.480 e. The second kappa shape index (κ2) is 5.63. The van der Waals surface area contributed by atoms with Crippen LogP contribution in [0.3, 0.4) is 0 Å². The summed E-state index contributed by atoms with van der Waals surface area (Å²) >= 11 is 1.58. The van der Waals surface area contributed by atoms with Crippen molar-refractivity contribution in [3.63, 3.8) is 0 Å². The van der Waals surface area contributed by atoms with E-state index in [9.17, 15) is 14.7 Å². The number of rotatable bonds is 4. The summed E-state index contributed by atoms with van der Waals surface area (Å²) in [5.74, 6) is -1.35. The molecule has 0 aromatic heterocycles. The molecule has 0 saturated carbocycles. The van der Waals surface area contributed by atoms with Crippen LogP contribution in [0.15, 0.2) is 29.2 Å². The number of aliphatic hydroxyl groups is 1. The Balaban J connectivity index is 2.12. The normalized spacial score (nSPS) is 20.4. The highest BCUT2D eigenvalue weighted by Crippen LogP contribution is 2.39. The van der Waals surface area contributed by atoms with Gasteiger partial charge in [-0.1, -0.05) is 18.2 Å². The van der Waals surface area contributed by atoms with E-state index in [4.69, 9.17) is 5.11 Å². The number of hydrogen-bond donors (Lipinski definition) is 3. The number of thioether (sulfide) groups is 1. The number of benzene rings is 1. The smallest absolute Gasteiger partial charge is 0.328 e. The average Bonchev–Trinajstić information content (AvgIpc) is 2.78. The molecule has 3 atom stereocenters. The lowest BCUT2D eigenvalue weighted by Gasteiger charge is -2.19. The first-order valence-electron chi connectivity index (χ1n) is 5.93. The van der Waals surface area contributed by atoms with Crippen LogP contribution in [0, 0.1) is 0 Å². The Hall–Kier alpha value is -1.53. The minimum absolute atomic E-state index is 0.356. The predicted molar refractivity (Wildman–Crippen MR) is 71.2 cm³/mol. The zero-order valence-corrected chi connectivity index (χ0v) is 11.2. The van der Waals surface area contributed by atoms with Crippen LogP contribution in [-0.2, 0) is 9.59 Å². The van der Waals surface area contributed by atoms with Crippen LogP contribution in [0.25, 0.3) is 0 Å². The van der Waals surface area contributed by atoms with Gasteiger partial charge in [0.05, 0.1) is 12.0 Å². The lowest BCUT2D eigenvalue weighted by Crippen LogP contribution is -2.49. The van der Waals surface area contributed by atoms with E-state index in [0.717, 1.165) is 10.5 Å². The van der Waals surface area contributed by atoms with E-state index in [1.807, 2.05) is 24.3 Å². The van der Waals surface area contributed by atoms with E-state index in [0.29, 0.717) is 5.75 Å². The lowest BCUT2D eigenvalue weighted by molar-refractivity contribution is -0.144. The molecule has 1 aromatic rings. The lowest BCUT2D eigenvalue weighted by atomic mass is 10.00. The Morgan fingerprint density at radius 3 is 2.74 bits per heavy atom. The summed E-state index contributed by atoms with van der Waals surface area (Å²) in [6.45, 7) is 1.34. The fourth-order valence-corrected chi connectivity index (χ4v) is 3.25.